The van der Waals surface area contributed by atoms with Gasteiger partial charge in [-0.15, -0.1) is 0 Å². The lowest BCUT2D eigenvalue weighted by atomic mass is 9.98. The fraction of sp³-hybridized carbons (Fsp3) is 0.812. The summed E-state index contributed by atoms with van der Waals surface area (Å²) in [7, 11) is 0. The number of rotatable bonds is 6. The molecule has 0 aliphatic heterocycles. The van der Waals surface area contributed by atoms with Crippen molar-refractivity contribution in [2.45, 2.75) is 77.6 Å². The Labute approximate surface area is 122 Å². The van der Waals surface area contributed by atoms with Gasteiger partial charge >= 0.3 is 0 Å². The van der Waals surface area contributed by atoms with Crippen LogP contribution in [0.5, 0.6) is 0 Å². The number of hydrogen-bond donors (Lipinski definition) is 1. The van der Waals surface area contributed by atoms with Crippen molar-refractivity contribution < 1.29 is 4.74 Å². The lowest BCUT2D eigenvalue weighted by molar-refractivity contribution is 0.0238. The molecule has 1 heterocycles. The van der Waals surface area contributed by atoms with E-state index in [2.05, 4.69) is 35.6 Å². The lowest BCUT2D eigenvalue weighted by Crippen LogP contribution is -2.35. The van der Waals surface area contributed by atoms with Gasteiger partial charge in [0.15, 0.2) is 0 Å². The molecular weight excluding hydrogens is 250 g/mol. The summed E-state index contributed by atoms with van der Waals surface area (Å²) >= 11 is 0. The van der Waals surface area contributed by atoms with Gasteiger partial charge in [0.25, 0.3) is 0 Å². The first-order valence-electron chi connectivity index (χ1n) is 7.90. The summed E-state index contributed by atoms with van der Waals surface area (Å²) in [5, 5.41) is 3.50. The van der Waals surface area contributed by atoms with Crippen LogP contribution in [-0.2, 0) is 17.8 Å². The minimum atomic E-state index is 0.133. The smallest absolute Gasteiger partial charge is 0.0949 e. The molecule has 1 fully saturated rings. The van der Waals surface area contributed by atoms with Crippen molar-refractivity contribution in [3.05, 3.63) is 18.2 Å². The molecule has 114 valence electrons. The highest BCUT2D eigenvalue weighted by Gasteiger charge is 2.14. The zero-order valence-corrected chi connectivity index (χ0v) is 13.2. The number of imidazole rings is 1. The highest BCUT2D eigenvalue weighted by atomic mass is 16.5. The monoisotopic (exact) mass is 279 g/mol. The number of hydrogen-bond acceptors (Lipinski definition) is 3. The van der Waals surface area contributed by atoms with Gasteiger partial charge in [0.05, 0.1) is 24.7 Å². The van der Waals surface area contributed by atoms with E-state index in [4.69, 9.17) is 4.74 Å². The van der Waals surface area contributed by atoms with Gasteiger partial charge in [0, 0.05) is 24.8 Å². The van der Waals surface area contributed by atoms with Gasteiger partial charge in [-0.05, 0) is 33.6 Å². The van der Waals surface area contributed by atoms with E-state index >= 15 is 0 Å². The Bertz CT molecular complexity index is 389. The molecule has 0 radical (unpaired) electrons. The average molecular weight is 279 g/mol. The third-order valence-corrected chi connectivity index (χ3v) is 3.84. The van der Waals surface area contributed by atoms with Crippen molar-refractivity contribution in [3.63, 3.8) is 0 Å². The van der Waals surface area contributed by atoms with Gasteiger partial charge in [-0.2, -0.15) is 0 Å². The van der Waals surface area contributed by atoms with Crippen LogP contribution in [0.2, 0.25) is 0 Å². The first-order valence-corrected chi connectivity index (χ1v) is 7.90. The maximum absolute atomic E-state index is 5.99. The Kier molecular flexibility index (Phi) is 5.61. The van der Waals surface area contributed by atoms with Crippen LogP contribution in [0.15, 0.2) is 12.5 Å². The predicted molar refractivity (Wildman–Crippen MR) is 81.6 cm³/mol. The van der Waals surface area contributed by atoms with Crippen LogP contribution in [-0.4, -0.2) is 27.8 Å². The van der Waals surface area contributed by atoms with Gasteiger partial charge in [0.1, 0.15) is 0 Å². The summed E-state index contributed by atoms with van der Waals surface area (Å²) in [5.74, 6) is 0. The van der Waals surface area contributed by atoms with Gasteiger partial charge < -0.3 is 14.6 Å². The van der Waals surface area contributed by atoms with Crippen LogP contribution in [0.1, 0.15) is 58.6 Å². The number of nitrogens with one attached hydrogen (secondary N) is 1. The van der Waals surface area contributed by atoms with E-state index in [1.807, 2.05) is 12.5 Å². The van der Waals surface area contributed by atoms with Crippen molar-refractivity contribution in [3.8, 4) is 0 Å². The molecule has 0 unspecified atom stereocenters. The van der Waals surface area contributed by atoms with Crippen molar-refractivity contribution in [1.82, 2.24) is 14.9 Å². The molecule has 1 aromatic heterocycles. The van der Waals surface area contributed by atoms with Crippen LogP contribution >= 0.6 is 0 Å². The Morgan fingerprint density at radius 3 is 2.75 bits per heavy atom. The molecule has 4 heteroatoms. The molecule has 0 saturated heterocycles. The summed E-state index contributed by atoms with van der Waals surface area (Å²) < 4.78 is 8.18. The fourth-order valence-electron chi connectivity index (χ4n) is 2.60. The second-order valence-corrected chi connectivity index (χ2v) is 6.81. The van der Waals surface area contributed by atoms with Crippen LogP contribution < -0.4 is 5.32 Å². The topological polar surface area (TPSA) is 39.1 Å². The van der Waals surface area contributed by atoms with E-state index < -0.39 is 0 Å². The minimum absolute atomic E-state index is 0.133. The third kappa shape index (κ3) is 5.25. The molecule has 0 atom stereocenters. The van der Waals surface area contributed by atoms with Crippen LogP contribution in [0.4, 0.5) is 0 Å². The van der Waals surface area contributed by atoms with Crippen molar-refractivity contribution in [2.24, 2.45) is 0 Å². The van der Waals surface area contributed by atoms with E-state index in [9.17, 15) is 0 Å². The molecule has 0 aromatic carbocycles. The molecule has 1 aliphatic rings. The second-order valence-electron chi connectivity index (χ2n) is 6.81. The predicted octanol–water partition coefficient (Wildman–Crippen LogP) is 3.12. The standard InChI is InChI=1S/C16H29N3O/c1-16(2,3)18-12-14-11-17-13-19(14)9-10-20-15-7-5-4-6-8-15/h11,13,15,18H,4-10,12H2,1-3H3. The summed E-state index contributed by atoms with van der Waals surface area (Å²) in [6.45, 7) is 9.09. The molecule has 0 bridgehead atoms. The quantitative estimate of drug-likeness (QED) is 0.869. The molecule has 20 heavy (non-hydrogen) atoms. The van der Waals surface area contributed by atoms with E-state index in [1.165, 1.54) is 37.8 Å². The average Bonchev–Trinajstić information content (AvgIpc) is 2.84. The molecule has 1 N–H and O–H groups in total. The Hall–Kier alpha value is -0.870. The summed E-state index contributed by atoms with van der Waals surface area (Å²) in [6, 6.07) is 0. The molecular formula is C16H29N3O. The van der Waals surface area contributed by atoms with E-state index in [1.54, 1.807) is 0 Å². The number of nitrogens with zero attached hydrogens (tertiary/aromatic N) is 2. The largest absolute Gasteiger partial charge is 0.376 e. The first-order chi connectivity index (χ1) is 9.54. The number of ether oxygens (including phenoxy) is 1. The van der Waals surface area contributed by atoms with Crippen LogP contribution in [0.3, 0.4) is 0 Å². The SMILES string of the molecule is CC(C)(C)NCc1cncn1CCOC1CCCCC1. The Morgan fingerprint density at radius 2 is 2.05 bits per heavy atom. The number of aromatic nitrogens is 2. The highest BCUT2D eigenvalue weighted by Crippen LogP contribution is 2.20. The third-order valence-electron chi connectivity index (χ3n) is 3.84. The lowest BCUT2D eigenvalue weighted by Gasteiger charge is -2.23. The maximum Gasteiger partial charge on any atom is 0.0949 e. The molecule has 4 nitrogen and oxygen atoms in total. The zero-order valence-electron chi connectivity index (χ0n) is 13.2. The summed E-state index contributed by atoms with van der Waals surface area (Å²) in [5.41, 5.74) is 1.36. The van der Waals surface area contributed by atoms with E-state index in [0.717, 1.165) is 19.7 Å². The van der Waals surface area contributed by atoms with Crippen molar-refractivity contribution >= 4 is 0 Å². The van der Waals surface area contributed by atoms with Crippen LogP contribution in [0.25, 0.3) is 0 Å². The molecule has 2 rings (SSSR count). The molecule has 1 saturated carbocycles. The molecule has 1 aliphatic carbocycles. The van der Waals surface area contributed by atoms with Crippen molar-refractivity contribution in [1.29, 1.82) is 0 Å². The minimum Gasteiger partial charge on any atom is -0.376 e. The molecule has 0 spiro atoms. The summed E-state index contributed by atoms with van der Waals surface area (Å²) in [4.78, 5) is 4.26. The maximum atomic E-state index is 5.99. The normalized spacial score (nSPS) is 17.6. The van der Waals surface area contributed by atoms with Gasteiger partial charge in [-0.1, -0.05) is 19.3 Å². The van der Waals surface area contributed by atoms with Crippen LogP contribution in [0, 0.1) is 0 Å². The second kappa shape index (κ2) is 7.23. The van der Waals surface area contributed by atoms with Crippen molar-refractivity contribution in [2.75, 3.05) is 6.61 Å². The molecule has 1 aromatic rings. The Balaban J connectivity index is 1.74. The van der Waals surface area contributed by atoms with Gasteiger partial charge in [0.2, 0.25) is 0 Å². The molecule has 0 amide bonds. The van der Waals surface area contributed by atoms with E-state index in [-0.39, 0.29) is 5.54 Å². The highest BCUT2D eigenvalue weighted by molar-refractivity contribution is 4.98. The summed E-state index contributed by atoms with van der Waals surface area (Å²) in [6.07, 6.45) is 10.9. The van der Waals surface area contributed by atoms with Gasteiger partial charge in [-0.3, -0.25) is 0 Å². The van der Waals surface area contributed by atoms with E-state index in [0.29, 0.717) is 6.10 Å². The Morgan fingerprint density at radius 1 is 1.30 bits per heavy atom. The first kappa shape index (κ1) is 15.5. The fourth-order valence-corrected chi connectivity index (χ4v) is 2.60. The zero-order chi connectivity index (χ0) is 14.4. The van der Waals surface area contributed by atoms with Gasteiger partial charge in [-0.25, -0.2) is 4.98 Å².